The number of halogens is 2. The molecule has 0 aliphatic carbocycles. The highest BCUT2D eigenvalue weighted by molar-refractivity contribution is 6.31. The molecule has 0 bridgehead atoms. The highest BCUT2D eigenvalue weighted by Crippen LogP contribution is 2.20. The molecular weight excluding hydrogens is 373 g/mol. The Hall–Kier alpha value is -2.82. The normalized spacial score (nSPS) is 10.2. The van der Waals surface area contributed by atoms with Gasteiger partial charge in [0.25, 0.3) is 5.91 Å². The Bertz CT molecular complexity index is 863. The second-order valence-corrected chi connectivity index (χ2v) is 6.26. The number of anilines is 1. The van der Waals surface area contributed by atoms with E-state index in [0.717, 1.165) is 0 Å². The van der Waals surface area contributed by atoms with Crippen molar-refractivity contribution >= 4 is 40.8 Å². The van der Waals surface area contributed by atoms with Crippen molar-refractivity contribution in [2.45, 2.75) is 0 Å². The van der Waals surface area contributed by atoms with Crippen LogP contribution in [0.3, 0.4) is 0 Å². The summed E-state index contributed by atoms with van der Waals surface area (Å²) in [5.41, 5.74) is 1.36. The third-order valence-corrected chi connectivity index (χ3v) is 3.99. The van der Waals surface area contributed by atoms with Crippen molar-refractivity contribution in [1.29, 1.82) is 0 Å². The van der Waals surface area contributed by atoms with Crippen molar-refractivity contribution in [3.63, 3.8) is 0 Å². The Balaban J connectivity index is 1.69. The average molecular weight is 386 g/mol. The Kier molecular flexibility index (Phi) is 5.56. The SMILES string of the molecule is O=C(Nc1cccc(OC(=O)c2ccc(Cl)cc2)c1)c1ccc(Cl)cc1. The number of carbonyl (C=O) groups excluding carboxylic acids is 2. The van der Waals surface area contributed by atoms with Crippen molar-refractivity contribution in [3.05, 3.63) is 94.0 Å². The summed E-state index contributed by atoms with van der Waals surface area (Å²) >= 11 is 11.6. The third kappa shape index (κ3) is 4.63. The number of rotatable bonds is 4. The van der Waals surface area contributed by atoms with Gasteiger partial charge >= 0.3 is 5.97 Å². The van der Waals surface area contributed by atoms with Crippen LogP contribution in [0.15, 0.2) is 72.8 Å². The van der Waals surface area contributed by atoms with E-state index in [2.05, 4.69) is 5.32 Å². The lowest BCUT2D eigenvalue weighted by Crippen LogP contribution is -2.12. The van der Waals surface area contributed by atoms with Gasteiger partial charge in [-0.3, -0.25) is 4.79 Å². The van der Waals surface area contributed by atoms with Crippen LogP contribution in [-0.4, -0.2) is 11.9 Å². The fourth-order valence-corrected chi connectivity index (χ4v) is 2.45. The van der Waals surface area contributed by atoms with Gasteiger partial charge in [-0.25, -0.2) is 4.79 Å². The van der Waals surface area contributed by atoms with Gasteiger partial charge in [-0.1, -0.05) is 29.3 Å². The molecule has 26 heavy (non-hydrogen) atoms. The highest BCUT2D eigenvalue weighted by Gasteiger charge is 2.10. The Morgan fingerprint density at radius 1 is 0.769 bits per heavy atom. The number of carbonyl (C=O) groups is 2. The summed E-state index contributed by atoms with van der Waals surface area (Å²) in [7, 11) is 0. The maximum atomic E-state index is 12.2. The molecule has 0 aliphatic heterocycles. The van der Waals surface area contributed by atoms with E-state index in [1.54, 1.807) is 72.8 Å². The molecule has 3 aromatic carbocycles. The van der Waals surface area contributed by atoms with Gasteiger partial charge in [-0.15, -0.1) is 0 Å². The zero-order chi connectivity index (χ0) is 18.5. The maximum absolute atomic E-state index is 12.2. The zero-order valence-corrected chi connectivity index (χ0v) is 14.9. The highest BCUT2D eigenvalue weighted by atomic mass is 35.5. The summed E-state index contributed by atoms with van der Waals surface area (Å²) in [6.45, 7) is 0. The molecule has 0 radical (unpaired) electrons. The Morgan fingerprint density at radius 2 is 1.35 bits per heavy atom. The van der Waals surface area contributed by atoms with Crippen molar-refractivity contribution in [3.8, 4) is 5.75 Å². The molecule has 0 unspecified atom stereocenters. The average Bonchev–Trinajstić information content (AvgIpc) is 2.63. The van der Waals surface area contributed by atoms with Gasteiger partial charge in [0.1, 0.15) is 5.75 Å². The minimum absolute atomic E-state index is 0.289. The number of ether oxygens (including phenoxy) is 1. The van der Waals surface area contributed by atoms with E-state index in [1.165, 1.54) is 0 Å². The molecule has 130 valence electrons. The molecule has 0 atom stereocenters. The van der Waals surface area contributed by atoms with Crippen LogP contribution >= 0.6 is 23.2 Å². The standard InChI is InChI=1S/C20H13Cl2NO3/c21-15-8-4-13(5-9-15)19(24)23-17-2-1-3-18(12-17)26-20(25)14-6-10-16(22)11-7-14/h1-12H,(H,23,24). The predicted octanol–water partition coefficient (Wildman–Crippen LogP) is 5.46. The molecule has 0 saturated heterocycles. The van der Waals surface area contributed by atoms with E-state index in [-0.39, 0.29) is 5.91 Å². The molecule has 1 amide bonds. The molecule has 3 rings (SSSR count). The van der Waals surface area contributed by atoms with Gasteiger partial charge in [0.15, 0.2) is 0 Å². The van der Waals surface area contributed by atoms with Gasteiger partial charge in [0, 0.05) is 27.4 Å². The van der Waals surface area contributed by atoms with Crippen LogP contribution in [0.4, 0.5) is 5.69 Å². The molecule has 0 fully saturated rings. The topological polar surface area (TPSA) is 55.4 Å². The minimum atomic E-state index is -0.511. The summed E-state index contributed by atoms with van der Waals surface area (Å²) in [5.74, 6) is -0.482. The van der Waals surface area contributed by atoms with E-state index in [9.17, 15) is 9.59 Å². The molecule has 0 aliphatic rings. The molecule has 4 nitrogen and oxygen atoms in total. The van der Waals surface area contributed by atoms with Crippen molar-refractivity contribution in [1.82, 2.24) is 0 Å². The number of esters is 1. The largest absolute Gasteiger partial charge is 0.423 e. The fourth-order valence-electron chi connectivity index (χ4n) is 2.19. The van der Waals surface area contributed by atoms with Crippen LogP contribution in [0.25, 0.3) is 0 Å². The minimum Gasteiger partial charge on any atom is -0.423 e. The number of hydrogen-bond acceptors (Lipinski definition) is 3. The van der Waals surface area contributed by atoms with Gasteiger partial charge < -0.3 is 10.1 Å². The molecule has 3 aromatic rings. The lowest BCUT2D eigenvalue weighted by atomic mass is 10.2. The molecule has 1 N–H and O–H groups in total. The second-order valence-electron chi connectivity index (χ2n) is 5.39. The first-order chi connectivity index (χ1) is 12.5. The third-order valence-electron chi connectivity index (χ3n) is 3.49. The quantitative estimate of drug-likeness (QED) is 0.478. The lowest BCUT2D eigenvalue weighted by molar-refractivity contribution is 0.0735. The van der Waals surface area contributed by atoms with E-state index >= 15 is 0 Å². The number of benzene rings is 3. The predicted molar refractivity (Wildman–Crippen MR) is 102 cm³/mol. The zero-order valence-electron chi connectivity index (χ0n) is 13.4. The first-order valence-corrected chi connectivity index (χ1v) is 8.41. The van der Waals surface area contributed by atoms with Crippen LogP contribution in [0, 0.1) is 0 Å². The van der Waals surface area contributed by atoms with E-state index in [0.29, 0.717) is 32.6 Å². The van der Waals surface area contributed by atoms with Gasteiger partial charge in [-0.2, -0.15) is 0 Å². The lowest BCUT2D eigenvalue weighted by Gasteiger charge is -2.08. The smallest absolute Gasteiger partial charge is 0.343 e. The van der Waals surface area contributed by atoms with Crippen LogP contribution in [0.2, 0.25) is 10.0 Å². The first kappa shape index (κ1) is 18.0. The number of hydrogen-bond donors (Lipinski definition) is 1. The van der Waals surface area contributed by atoms with E-state index in [4.69, 9.17) is 27.9 Å². The summed E-state index contributed by atoms with van der Waals surface area (Å²) in [4.78, 5) is 24.4. The summed E-state index contributed by atoms with van der Waals surface area (Å²) in [6.07, 6.45) is 0. The number of amides is 1. The Labute approximate surface area is 160 Å². The van der Waals surface area contributed by atoms with Gasteiger partial charge in [0.2, 0.25) is 0 Å². The second kappa shape index (κ2) is 8.04. The van der Waals surface area contributed by atoms with Crippen LogP contribution in [0.1, 0.15) is 20.7 Å². The maximum Gasteiger partial charge on any atom is 0.343 e. The molecular formula is C20H13Cl2NO3. The van der Waals surface area contributed by atoms with Crippen LogP contribution in [0.5, 0.6) is 5.75 Å². The van der Waals surface area contributed by atoms with Crippen LogP contribution < -0.4 is 10.1 Å². The van der Waals surface area contributed by atoms with Crippen molar-refractivity contribution < 1.29 is 14.3 Å². The Morgan fingerprint density at radius 3 is 1.96 bits per heavy atom. The monoisotopic (exact) mass is 385 g/mol. The van der Waals surface area contributed by atoms with Gasteiger partial charge in [-0.05, 0) is 60.7 Å². The molecule has 0 aromatic heterocycles. The van der Waals surface area contributed by atoms with Crippen molar-refractivity contribution in [2.24, 2.45) is 0 Å². The molecule has 0 saturated carbocycles. The van der Waals surface area contributed by atoms with Crippen molar-refractivity contribution in [2.75, 3.05) is 5.32 Å². The number of nitrogens with one attached hydrogen (secondary N) is 1. The molecule has 6 heteroatoms. The fraction of sp³-hybridized carbons (Fsp3) is 0. The van der Waals surface area contributed by atoms with E-state index < -0.39 is 5.97 Å². The first-order valence-electron chi connectivity index (χ1n) is 7.66. The van der Waals surface area contributed by atoms with Gasteiger partial charge in [0.05, 0.1) is 5.56 Å². The summed E-state index contributed by atoms with van der Waals surface area (Å²) in [5, 5.41) is 3.84. The summed E-state index contributed by atoms with van der Waals surface area (Å²) in [6, 6.07) is 19.5. The van der Waals surface area contributed by atoms with E-state index in [1.807, 2.05) is 0 Å². The van der Waals surface area contributed by atoms with Crippen LogP contribution in [-0.2, 0) is 0 Å². The summed E-state index contributed by atoms with van der Waals surface area (Å²) < 4.78 is 5.33. The molecule has 0 spiro atoms. The molecule has 0 heterocycles.